The number of rotatable bonds is 5. The Kier molecular flexibility index (Phi) is 9.22. The van der Waals surface area contributed by atoms with Crippen LogP contribution in [-0.4, -0.2) is 31.0 Å². The third-order valence-corrected chi connectivity index (χ3v) is 1.47. The molecule has 0 aliphatic carbocycles. The van der Waals surface area contributed by atoms with E-state index in [1.807, 2.05) is 0 Å². The van der Waals surface area contributed by atoms with Crippen LogP contribution in [0.25, 0.3) is 0 Å². The highest BCUT2D eigenvalue weighted by Gasteiger charge is 2.17. The van der Waals surface area contributed by atoms with E-state index in [4.69, 9.17) is 4.74 Å². The van der Waals surface area contributed by atoms with Crippen LogP contribution in [0, 0.1) is 0 Å². The highest BCUT2D eigenvalue weighted by molar-refractivity contribution is 7.17. The number of alkyl halides is 1. The molecule has 0 spiro atoms. The van der Waals surface area contributed by atoms with E-state index >= 15 is 0 Å². The van der Waals surface area contributed by atoms with Gasteiger partial charge in [-0.1, -0.05) is 0 Å². The lowest BCUT2D eigenvalue weighted by Crippen LogP contribution is -2.36. The Balaban J connectivity index is 0. The Bertz CT molecular complexity index is 223. The molecule has 1 amide bonds. The van der Waals surface area contributed by atoms with Crippen molar-refractivity contribution in [1.82, 2.24) is 11.5 Å². The summed E-state index contributed by atoms with van der Waals surface area (Å²) >= 11 is 0. The van der Waals surface area contributed by atoms with Crippen molar-refractivity contribution >= 4 is 14.8 Å². The van der Waals surface area contributed by atoms with Gasteiger partial charge in [0.25, 0.3) is 0 Å². The van der Waals surface area contributed by atoms with Gasteiger partial charge >= 0.3 is 14.8 Å². The lowest BCUT2D eigenvalue weighted by atomic mass is 10.2. The van der Waals surface area contributed by atoms with Crippen LogP contribution in [-0.2, 0) is 13.8 Å². The van der Waals surface area contributed by atoms with Gasteiger partial charge in [-0.2, -0.15) is 0 Å². The minimum Gasteiger partial charge on any atom is -0.444 e. The van der Waals surface area contributed by atoms with Crippen LogP contribution in [0.15, 0.2) is 0 Å². The number of carbonyl (C=O) groups is 1. The maximum Gasteiger partial charge on any atom is 0.494 e. The molecule has 0 aromatic rings. The van der Waals surface area contributed by atoms with Crippen molar-refractivity contribution < 1.29 is 23.0 Å². The molecule has 0 aromatic heterocycles. The molecule has 0 radical (unpaired) electrons. The number of halogens is 1. The maximum absolute atomic E-state index is 12.9. The van der Waals surface area contributed by atoms with E-state index in [2.05, 4.69) is 9.84 Å². The van der Waals surface area contributed by atoms with Gasteiger partial charge in [0.05, 0.1) is 6.54 Å². The minimum atomic E-state index is -1.39. The highest BCUT2D eigenvalue weighted by Crippen LogP contribution is 2.06. The summed E-state index contributed by atoms with van der Waals surface area (Å²) in [6.07, 6.45) is -2.08. The first-order chi connectivity index (χ1) is 6.85. The molecule has 0 saturated carbocycles. The molecule has 0 aliphatic rings. The Morgan fingerprint density at radius 3 is 2.50 bits per heavy atom. The third kappa shape index (κ3) is 11.3. The molecular formula is C8H19FN2O4P+. The van der Waals surface area contributed by atoms with Crippen LogP contribution in [0.2, 0.25) is 0 Å². The van der Waals surface area contributed by atoms with Crippen molar-refractivity contribution in [1.29, 1.82) is 0 Å². The van der Waals surface area contributed by atoms with Crippen molar-refractivity contribution in [3.8, 4) is 0 Å². The number of hydrogen-bond acceptors (Lipinski definition) is 5. The summed E-state index contributed by atoms with van der Waals surface area (Å²) < 4.78 is 31.9. The van der Waals surface area contributed by atoms with E-state index < -0.39 is 26.6 Å². The van der Waals surface area contributed by atoms with Gasteiger partial charge in [-0.05, 0) is 25.3 Å². The van der Waals surface area contributed by atoms with Crippen molar-refractivity contribution in [2.75, 3.05) is 13.2 Å². The molecule has 4 N–H and O–H groups in total. The predicted molar refractivity (Wildman–Crippen MR) is 59.1 cm³/mol. The second kappa shape index (κ2) is 8.38. The van der Waals surface area contributed by atoms with E-state index in [-0.39, 0.29) is 19.3 Å². The first-order valence-electron chi connectivity index (χ1n) is 4.45. The van der Waals surface area contributed by atoms with Gasteiger partial charge in [-0.15, -0.1) is 4.52 Å². The standard InChI is InChI=1S/C8H15FNO4P.H3N/c1-8(2,3)14-7(11)10-4-6(9)5-13-15-12;/h6,15H,4-5H2,1-3H3;1H3/p+1/t6-;/m1./s1. The molecule has 0 aromatic carbocycles. The Morgan fingerprint density at radius 2 is 2.06 bits per heavy atom. The monoisotopic (exact) mass is 257 g/mol. The van der Waals surface area contributed by atoms with E-state index in [1.165, 1.54) is 0 Å². The molecule has 1 unspecified atom stereocenters. The van der Waals surface area contributed by atoms with Crippen molar-refractivity contribution in [3.63, 3.8) is 0 Å². The molecule has 0 aliphatic heterocycles. The molecule has 0 saturated heterocycles. The molecule has 8 heteroatoms. The Labute approximate surface area is 95.7 Å². The van der Waals surface area contributed by atoms with Crippen molar-refractivity contribution in [3.05, 3.63) is 0 Å². The van der Waals surface area contributed by atoms with Crippen LogP contribution in [0.5, 0.6) is 0 Å². The SMILES string of the molecule is CC(C)(C)OC(=O)NC[C@@H](F)CO[PH+]=O.N. The zero-order valence-corrected chi connectivity index (χ0v) is 10.7. The van der Waals surface area contributed by atoms with Gasteiger partial charge < -0.3 is 16.2 Å². The Morgan fingerprint density at radius 1 is 1.50 bits per heavy atom. The fourth-order valence-corrected chi connectivity index (χ4v) is 0.941. The van der Waals surface area contributed by atoms with Crippen LogP contribution < -0.4 is 11.5 Å². The molecule has 0 rings (SSSR count). The molecule has 96 valence electrons. The maximum atomic E-state index is 12.9. The number of carbonyl (C=O) groups excluding carboxylic acids is 1. The van der Waals surface area contributed by atoms with Crippen molar-refractivity contribution in [2.24, 2.45) is 0 Å². The first-order valence-corrected chi connectivity index (χ1v) is 5.26. The van der Waals surface area contributed by atoms with Gasteiger partial charge in [0, 0.05) is 0 Å². The first kappa shape index (κ1) is 17.6. The van der Waals surface area contributed by atoms with Crippen LogP contribution in [0.3, 0.4) is 0 Å². The molecule has 2 atom stereocenters. The molecule has 6 nitrogen and oxygen atoms in total. The molecule has 0 heterocycles. The molecule has 0 fully saturated rings. The smallest absolute Gasteiger partial charge is 0.444 e. The third-order valence-electron chi connectivity index (χ3n) is 1.19. The Hall–Kier alpha value is -0.780. The molecular weight excluding hydrogens is 238 g/mol. The average Bonchev–Trinajstić information content (AvgIpc) is 2.08. The number of amides is 1. The topological polar surface area (TPSA) is 99.6 Å². The summed E-state index contributed by atoms with van der Waals surface area (Å²) in [5.41, 5.74) is -0.608. The predicted octanol–water partition coefficient (Wildman–Crippen LogP) is 1.97. The van der Waals surface area contributed by atoms with Gasteiger partial charge in [-0.3, -0.25) is 0 Å². The highest BCUT2D eigenvalue weighted by atomic mass is 31.1. The van der Waals surface area contributed by atoms with Gasteiger partial charge in [0.15, 0.2) is 0 Å². The van der Waals surface area contributed by atoms with E-state index in [9.17, 15) is 13.8 Å². The fourth-order valence-electron chi connectivity index (χ4n) is 0.692. The summed E-state index contributed by atoms with van der Waals surface area (Å²) in [6, 6.07) is 0. The van der Waals surface area contributed by atoms with Crippen LogP contribution in [0.4, 0.5) is 9.18 Å². The van der Waals surface area contributed by atoms with Gasteiger partial charge in [0.2, 0.25) is 0 Å². The zero-order chi connectivity index (χ0) is 11.9. The van der Waals surface area contributed by atoms with E-state index in [1.54, 1.807) is 20.8 Å². The lowest BCUT2D eigenvalue weighted by Gasteiger charge is -2.19. The van der Waals surface area contributed by atoms with Crippen LogP contribution >= 0.6 is 8.69 Å². The summed E-state index contributed by atoms with van der Waals surface area (Å²) in [5, 5.41) is 2.23. The summed E-state index contributed by atoms with van der Waals surface area (Å²) in [4.78, 5) is 11.0. The normalized spacial score (nSPS) is 12.8. The second-order valence-corrected chi connectivity index (χ2v) is 4.33. The molecule has 16 heavy (non-hydrogen) atoms. The average molecular weight is 257 g/mol. The molecule has 0 bridgehead atoms. The minimum absolute atomic E-state index is 0. The van der Waals surface area contributed by atoms with Crippen molar-refractivity contribution in [2.45, 2.75) is 32.5 Å². The zero-order valence-electron chi connectivity index (χ0n) is 9.71. The number of alkyl carbamates (subject to hydrolysis) is 1. The largest absolute Gasteiger partial charge is 0.494 e. The van der Waals surface area contributed by atoms with E-state index in [0.29, 0.717) is 0 Å². The summed E-state index contributed by atoms with van der Waals surface area (Å²) in [5.74, 6) is 0. The lowest BCUT2D eigenvalue weighted by molar-refractivity contribution is 0.0507. The summed E-state index contributed by atoms with van der Waals surface area (Å²) in [6.45, 7) is 4.60. The van der Waals surface area contributed by atoms with Gasteiger partial charge in [-0.25, -0.2) is 9.18 Å². The van der Waals surface area contributed by atoms with Crippen LogP contribution in [0.1, 0.15) is 20.8 Å². The number of ether oxygens (including phenoxy) is 1. The number of nitrogens with one attached hydrogen (secondary N) is 1. The number of hydrogen-bond donors (Lipinski definition) is 2. The van der Waals surface area contributed by atoms with E-state index in [0.717, 1.165) is 0 Å². The quantitative estimate of drug-likeness (QED) is 0.733. The summed E-state index contributed by atoms with van der Waals surface area (Å²) in [7, 11) is -0.993. The fraction of sp³-hybridized carbons (Fsp3) is 0.875. The van der Waals surface area contributed by atoms with Gasteiger partial charge in [0.1, 0.15) is 18.4 Å². The second-order valence-electron chi connectivity index (χ2n) is 3.87.